The number of benzene rings is 1. The number of nitrogens with one attached hydrogen (secondary N) is 1. The minimum Gasteiger partial charge on any atom is -0.448 e. The van der Waals surface area contributed by atoms with Gasteiger partial charge in [0.25, 0.3) is 0 Å². The molecule has 0 radical (unpaired) electrons. The van der Waals surface area contributed by atoms with E-state index in [1.807, 2.05) is 0 Å². The van der Waals surface area contributed by atoms with Crippen LogP contribution in [0.5, 0.6) is 0 Å². The maximum Gasteiger partial charge on any atom is 0.410 e. The molecule has 2 aliphatic heterocycles. The fraction of sp³-hybridized carbons (Fsp3) is 0.471. The Labute approximate surface area is 143 Å². The molecule has 1 aromatic heterocycles. The number of carbonyl (C=O) groups excluding carboxylic acids is 2. The molecule has 132 valence electrons. The summed E-state index contributed by atoms with van der Waals surface area (Å²) in [6, 6.07) is 4.21. The number of cyclic esters (lactones) is 1. The lowest BCUT2D eigenvalue weighted by Crippen LogP contribution is -2.44. The number of H-pyrrole nitrogens is 1. The van der Waals surface area contributed by atoms with Crippen molar-refractivity contribution in [3.63, 3.8) is 0 Å². The zero-order valence-corrected chi connectivity index (χ0v) is 13.7. The summed E-state index contributed by atoms with van der Waals surface area (Å²) in [5.74, 6) is 0.222. The smallest absolute Gasteiger partial charge is 0.410 e. The molecule has 7 nitrogen and oxygen atoms in total. The first-order valence-corrected chi connectivity index (χ1v) is 8.48. The van der Waals surface area contributed by atoms with Crippen LogP contribution in [0.4, 0.5) is 9.18 Å². The molecule has 3 heterocycles. The third-order valence-corrected chi connectivity index (χ3v) is 4.77. The second-order valence-electron chi connectivity index (χ2n) is 6.42. The Morgan fingerprint density at radius 2 is 2.24 bits per heavy atom. The largest absolute Gasteiger partial charge is 0.448 e. The quantitative estimate of drug-likeness (QED) is 0.924. The number of hydrogen-bond donors (Lipinski definition) is 1. The van der Waals surface area contributed by atoms with Gasteiger partial charge in [-0.25, -0.2) is 14.2 Å². The maximum atomic E-state index is 13.4. The van der Waals surface area contributed by atoms with Crippen molar-refractivity contribution in [1.82, 2.24) is 19.8 Å². The van der Waals surface area contributed by atoms with Gasteiger partial charge in [-0.15, -0.1) is 0 Å². The zero-order valence-electron chi connectivity index (χ0n) is 13.7. The van der Waals surface area contributed by atoms with E-state index in [0.717, 1.165) is 19.3 Å². The van der Waals surface area contributed by atoms with Gasteiger partial charge in [0.15, 0.2) is 0 Å². The van der Waals surface area contributed by atoms with Crippen molar-refractivity contribution in [2.24, 2.45) is 0 Å². The number of amides is 2. The van der Waals surface area contributed by atoms with E-state index in [4.69, 9.17) is 4.74 Å². The molecule has 0 bridgehead atoms. The second kappa shape index (κ2) is 6.34. The summed E-state index contributed by atoms with van der Waals surface area (Å²) >= 11 is 0. The normalized spacial score (nSPS) is 21.0. The van der Waals surface area contributed by atoms with Gasteiger partial charge in [0.2, 0.25) is 5.91 Å². The van der Waals surface area contributed by atoms with E-state index in [1.54, 1.807) is 11.0 Å². The van der Waals surface area contributed by atoms with Gasteiger partial charge in [0, 0.05) is 6.54 Å². The van der Waals surface area contributed by atoms with E-state index in [-0.39, 0.29) is 24.3 Å². The van der Waals surface area contributed by atoms with Crippen LogP contribution >= 0.6 is 0 Å². The molecule has 0 aliphatic carbocycles. The number of nitrogens with zero attached hydrogens (tertiary/aromatic N) is 3. The minimum atomic E-state index is -0.443. The van der Waals surface area contributed by atoms with E-state index in [1.165, 1.54) is 17.0 Å². The summed E-state index contributed by atoms with van der Waals surface area (Å²) in [6.07, 6.45) is 2.26. The van der Waals surface area contributed by atoms with E-state index < -0.39 is 6.09 Å². The lowest BCUT2D eigenvalue weighted by Gasteiger charge is -2.35. The summed E-state index contributed by atoms with van der Waals surface area (Å²) < 4.78 is 18.3. The predicted octanol–water partition coefficient (Wildman–Crippen LogP) is 2.21. The van der Waals surface area contributed by atoms with Crippen molar-refractivity contribution in [3.8, 4) is 0 Å². The van der Waals surface area contributed by atoms with Crippen LogP contribution in [0, 0.1) is 5.82 Å². The summed E-state index contributed by atoms with van der Waals surface area (Å²) in [4.78, 5) is 35.2. The number of rotatable bonds is 3. The number of imidazole rings is 1. The lowest BCUT2D eigenvalue weighted by atomic mass is 10.0. The predicted molar refractivity (Wildman–Crippen MR) is 87.3 cm³/mol. The van der Waals surface area contributed by atoms with Crippen molar-refractivity contribution < 1.29 is 18.7 Å². The second-order valence-corrected chi connectivity index (χ2v) is 6.42. The summed E-state index contributed by atoms with van der Waals surface area (Å²) in [5.41, 5.74) is 1.30. The molecule has 1 N–H and O–H groups in total. The van der Waals surface area contributed by atoms with Crippen LogP contribution in [0.25, 0.3) is 11.0 Å². The zero-order chi connectivity index (χ0) is 17.4. The number of hydrogen-bond acceptors (Lipinski definition) is 4. The van der Waals surface area contributed by atoms with Crippen LogP contribution in [0.3, 0.4) is 0 Å². The number of fused-ring (bicyclic) bond motifs is 1. The average Bonchev–Trinajstić information content (AvgIpc) is 3.20. The van der Waals surface area contributed by atoms with Crippen molar-refractivity contribution in [1.29, 1.82) is 0 Å². The molecule has 2 saturated heterocycles. The monoisotopic (exact) mass is 346 g/mol. The van der Waals surface area contributed by atoms with Crippen LogP contribution < -0.4 is 0 Å². The van der Waals surface area contributed by atoms with Gasteiger partial charge in [-0.3, -0.25) is 9.69 Å². The molecular weight excluding hydrogens is 327 g/mol. The molecule has 1 aromatic carbocycles. The number of likely N-dealkylation sites (tertiary alicyclic amines) is 1. The lowest BCUT2D eigenvalue weighted by molar-refractivity contribution is -0.135. The Bertz CT molecular complexity index is 821. The van der Waals surface area contributed by atoms with Crippen LogP contribution in [-0.2, 0) is 9.53 Å². The highest BCUT2D eigenvalue weighted by molar-refractivity contribution is 5.83. The van der Waals surface area contributed by atoms with Crippen molar-refractivity contribution in [3.05, 3.63) is 29.8 Å². The molecule has 8 heteroatoms. The van der Waals surface area contributed by atoms with Gasteiger partial charge in [-0.05, 0) is 37.5 Å². The number of halogens is 1. The first kappa shape index (κ1) is 15.9. The Morgan fingerprint density at radius 3 is 3.04 bits per heavy atom. The van der Waals surface area contributed by atoms with Gasteiger partial charge in [-0.1, -0.05) is 0 Å². The molecule has 2 aliphatic rings. The number of piperidine rings is 1. The number of aromatic amines is 1. The Morgan fingerprint density at radius 1 is 1.36 bits per heavy atom. The topological polar surface area (TPSA) is 78.5 Å². The molecule has 0 spiro atoms. The molecule has 0 saturated carbocycles. The van der Waals surface area contributed by atoms with Gasteiger partial charge in [0.1, 0.15) is 24.8 Å². The SMILES string of the molecule is O=C1OCCN1CC(=O)N1CCCC[C@@H]1c1nc2ccc(F)cc2[nH]1. The molecule has 4 rings (SSSR count). The Balaban J connectivity index is 1.57. The fourth-order valence-corrected chi connectivity index (χ4v) is 3.50. The van der Waals surface area contributed by atoms with Gasteiger partial charge < -0.3 is 14.6 Å². The third-order valence-electron chi connectivity index (χ3n) is 4.77. The molecule has 25 heavy (non-hydrogen) atoms. The van der Waals surface area contributed by atoms with Crippen molar-refractivity contribution in [2.75, 3.05) is 26.2 Å². The Kier molecular flexibility index (Phi) is 4.03. The molecule has 2 aromatic rings. The molecule has 0 unspecified atom stereocenters. The Hall–Kier alpha value is -2.64. The van der Waals surface area contributed by atoms with Gasteiger partial charge in [-0.2, -0.15) is 0 Å². The molecular formula is C17H19FN4O3. The molecule has 1 atom stereocenters. The fourth-order valence-electron chi connectivity index (χ4n) is 3.50. The van der Waals surface area contributed by atoms with E-state index in [0.29, 0.717) is 36.6 Å². The van der Waals surface area contributed by atoms with Crippen molar-refractivity contribution >= 4 is 23.0 Å². The summed E-state index contributed by atoms with van der Waals surface area (Å²) in [6.45, 7) is 1.40. The highest BCUT2D eigenvalue weighted by Gasteiger charge is 2.33. The van der Waals surface area contributed by atoms with E-state index >= 15 is 0 Å². The summed E-state index contributed by atoms with van der Waals surface area (Å²) in [5, 5.41) is 0. The van der Waals surface area contributed by atoms with Crippen LogP contribution in [0.15, 0.2) is 18.2 Å². The van der Waals surface area contributed by atoms with E-state index in [2.05, 4.69) is 9.97 Å². The first-order chi connectivity index (χ1) is 12.1. The highest BCUT2D eigenvalue weighted by Crippen LogP contribution is 2.31. The van der Waals surface area contributed by atoms with Gasteiger partial charge >= 0.3 is 6.09 Å². The minimum absolute atomic E-state index is 0.0180. The highest BCUT2D eigenvalue weighted by atomic mass is 19.1. The molecule has 2 fully saturated rings. The van der Waals surface area contributed by atoms with Crippen LogP contribution in [-0.4, -0.2) is 58.0 Å². The first-order valence-electron chi connectivity index (χ1n) is 8.48. The van der Waals surface area contributed by atoms with Gasteiger partial charge in [0.05, 0.1) is 23.6 Å². The van der Waals surface area contributed by atoms with Crippen LogP contribution in [0.2, 0.25) is 0 Å². The number of aromatic nitrogens is 2. The van der Waals surface area contributed by atoms with Crippen LogP contribution in [0.1, 0.15) is 31.1 Å². The third kappa shape index (κ3) is 3.04. The number of carbonyl (C=O) groups is 2. The molecule has 2 amide bonds. The summed E-state index contributed by atoms with van der Waals surface area (Å²) in [7, 11) is 0. The average molecular weight is 346 g/mol. The standard InChI is InChI=1S/C17H19FN4O3/c18-11-4-5-12-13(9-11)20-16(19-12)14-3-1-2-6-22(14)15(23)10-21-7-8-25-17(21)24/h4-5,9,14H,1-3,6-8,10H2,(H,19,20)/t14-/m1/s1. The maximum absolute atomic E-state index is 13.4. The van der Waals surface area contributed by atoms with Crippen molar-refractivity contribution in [2.45, 2.75) is 25.3 Å². The number of ether oxygens (including phenoxy) is 1. The van der Waals surface area contributed by atoms with E-state index in [9.17, 15) is 14.0 Å².